The Kier molecular flexibility index (Phi) is 10.9. The number of rotatable bonds is 9. The Morgan fingerprint density at radius 3 is 2.59 bits per heavy atom. The van der Waals surface area contributed by atoms with E-state index in [9.17, 15) is 14.7 Å². The summed E-state index contributed by atoms with van der Waals surface area (Å²) in [5, 5.41) is 12.8. The fourth-order valence-electron chi connectivity index (χ4n) is 3.39. The van der Waals surface area contributed by atoms with Gasteiger partial charge in [0, 0.05) is 23.5 Å². The van der Waals surface area contributed by atoms with Crippen LogP contribution in [0.3, 0.4) is 0 Å². The fourth-order valence-corrected chi connectivity index (χ4v) is 4.03. The van der Waals surface area contributed by atoms with Crippen LogP contribution in [0.15, 0.2) is 60.9 Å². The number of benzene rings is 2. The molecule has 3 aromatic rings. The summed E-state index contributed by atoms with van der Waals surface area (Å²) in [6.07, 6.45) is 9.35. The van der Waals surface area contributed by atoms with Gasteiger partial charge >= 0.3 is 24.8 Å². The van der Waals surface area contributed by atoms with E-state index in [1.807, 2.05) is 61.7 Å². The number of carboxylic acids is 1. The molecule has 0 unspecified atom stereocenters. The van der Waals surface area contributed by atoms with Gasteiger partial charge in [0.2, 0.25) is 0 Å². The second-order valence-electron chi connectivity index (χ2n) is 7.50. The summed E-state index contributed by atoms with van der Waals surface area (Å²) >= 11 is 7.76. The molecule has 0 aliphatic heterocycles. The molecule has 8 heteroatoms. The SMILES string of the molecule is CSCC[C@H](NC(=O)c1ccc(C=Cc2cnccc2Cl)cc1-c1ccccc1C)C(=O)O.[LiH]. The van der Waals surface area contributed by atoms with Crippen molar-refractivity contribution in [1.82, 2.24) is 10.3 Å². The number of carboxylic acid groups (broad SMARTS) is 1. The molecule has 2 aromatic carbocycles. The molecule has 1 aromatic heterocycles. The molecule has 3 rings (SSSR count). The molecule has 0 bridgehead atoms. The Labute approximate surface area is 221 Å². The molecule has 2 N–H and O–H groups in total. The number of nitrogens with one attached hydrogen (secondary N) is 1. The normalized spacial score (nSPS) is 11.6. The maximum absolute atomic E-state index is 13.1. The number of hydrogen-bond acceptors (Lipinski definition) is 4. The molecular formula is C26H26ClLiN2O3S. The van der Waals surface area contributed by atoms with Gasteiger partial charge in [-0.3, -0.25) is 9.78 Å². The Hall–Kier alpha value is -2.49. The third-order valence-electron chi connectivity index (χ3n) is 5.19. The molecule has 1 amide bonds. The van der Waals surface area contributed by atoms with Crippen LogP contribution in [0.25, 0.3) is 23.3 Å². The number of aromatic nitrogens is 1. The summed E-state index contributed by atoms with van der Waals surface area (Å²) in [5.74, 6) is -0.807. The topological polar surface area (TPSA) is 79.3 Å². The van der Waals surface area contributed by atoms with Crippen molar-refractivity contribution in [3.05, 3.63) is 88.2 Å². The average molecular weight is 489 g/mol. The third-order valence-corrected chi connectivity index (χ3v) is 6.18. The van der Waals surface area contributed by atoms with Crippen LogP contribution in [0.5, 0.6) is 0 Å². The monoisotopic (exact) mass is 488 g/mol. The summed E-state index contributed by atoms with van der Waals surface area (Å²) in [6, 6.07) is 14.1. The zero-order chi connectivity index (χ0) is 23.8. The number of thioether (sulfide) groups is 1. The molecule has 0 spiro atoms. The van der Waals surface area contributed by atoms with Crippen molar-refractivity contribution >= 4 is 66.3 Å². The van der Waals surface area contributed by atoms with Crippen LogP contribution in [0.4, 0.5) is 0 Å². The van der Waals surface area contributed by atoms with Crippen LogP contribution in [-0.4, -0.2) is 58.9 Å². The Bertz CT molecular complexity index is 1190. The third kappa shape index (κ3) is 7.25. The van der Waals surface area contributed by atoms with E-state index < -0.39 is 17.9 Å². The molecule has 0 fully saturated rings. The van der Waals surface area contributed by atoms with Crippen molar-refractivity contribution in [2.75, 3.05) is 12.0 Å². The average Bonchev–Trinajstić information content (AvgIpc) is 2.81. The molecule has 0 saturated carbocycles. The van der Waals surface area contributed by atoms with E-state index in [1.165, 1.54) is 0 Å². The van der Waals surface area contributed by atoms with Gasteiger partial charge in [0.05, 0.1) is 5.02 Å². The molecular weight excluding hydrogens is 463 g/mol. The van der Waals surface area contributed by atoms with Gasteiger partial charge in [-0.15, -0.1) is 0 Å². The second-order valence-corrected chi connectivity index (χ2v) is 8.89. The van der Waals surface area contributed by atoms with Gasteiger partial charge in [-0.2, -0.15) is 11.8 Å². The molecule has 0 saturated heterocycles. The minimum absolute atomic E-state index is 0. The first-order chi connectivity index (χ1) is 15.9. The summed E-state index contributed by atoms with van der Waals surface area (Å²) < 4.78 is 0. The second kappa shape index (κ2) is 13.4. The Morgan fingerprint density at radius 2 is 1.91 bits per heavy atom. The number of pyridine rings is 1. The maximum atomic E-state index is 13.1. The molecule has 1 heterocycles. The number of nitrogens with zero attached hydrogens (tertiary/aromatic N) is 1. The summed E-state index contributed by atoms with van der Waals surface area (Å²) in [4.78, 5) is 28.9. The van der Waals surface area contributed by atoms with E-state index in [0.717, 1.165) is 27.8 Å². The van der Waals surface area contributed by atoms with Gasteiger partial charge in [-0.1, -0.05) is 54.1 Å². The van der Waals surface area contributed by atoms with E-state index in [2.05, 4.69) is 10.3 Å². The van der Waals surface area contributed by atoms with Crippen LogP contribution >= 0.6 is 23.4 Å². The number of carbonyl (C=O) groups excluding carboxylic acids is 1. The number of aryl methyl sites for hydroxylation is 1. The molecule has 0 aliphatic carbocycles. The number of aliphatic carboxylic acids is 1. The van der Waals surface area contributed by atoms with Gasteiger partial charge < -0.3 is 10.4 Å². The van der Waals surface area contributed by atoms with E-state index in [-0.39, 0.29) is 18.9 Å². The number of amides is 1. The predicted octanol–water partition coefficient (Wildman–Crippen LogP) is 5.17. The molecule has 0 radical (unpaired) electrons. The first kappa shape index (κ1) is 27.7. The summed E-state index contributed by atoms with van der Waals surface area (Å²) in [7, 11) is 0. The van der Waals surface area contributed by atoms with Crippen LogP contribution < -0.4 is 5.32 Å². The van der Waals surface area contributed by atoms with Crippen LogP contribution in [0, 0.1) is 6.92 Å². The van der Waals surface area contributed by atoms with Crippen molar-refractivity contribution in [3.8, 4) is 11.1 Å². The van der Waals surface area contributed by atoms with Crippen molar-refractivity contribution in [1.29, 1.82) is 0 Å². The molecule has 1 atom stereocenters. The van der Waals surface area contributed by atoms with Crippen molar-refractivity contribution in [2.45, 2.75) is 19.4 Å². The van der Waals surface area contributed by atoms with Crippen molar-refractivity contribution in [2.24, 2.45) is 0 Å². The van der Waals surface area contributed by atoms with Crippen LogP contribution in [-0.2, 0) is 4.79 Å². The summed E-state index contributed by atoms with van der Waals surface area (Å²) in [5.41, 5.74) is 4.75. The zero-order valence-corrected chi connectivity index (χ0v) is 20.0. The quantitative estimate of drug-likeness (QED) is 0.406. The molecule has 5 nitrogen and oxygen atoms in total. The fraction of sp³-hybridized carbons (Fsp3) is 0.192. The standard InChI is InChI=1S/C26H25ClN2O3S.Li.H/c1-17-5-3-4-6-20(17)22-15-18(7-9-19-16-28-13-11-23(19)27)8-10-21(22)25(30)29-24(26(31)32)12-14-33-2;;/h3-11,13,15-16,24H,12,14H2,1-2H3,(H,29,30)(H,31,32);;/t24-;;/m0../s1. The van der Waals surface area contributed by atoms with Gasteiger partial charge in [0.25, 0.3) is 5.91 Å². The van der Waals surface area contributed by atoms with Crippen LogP contribution in [0.1, 0.15) is 33.5 Å². The molecule has 172 valence electrons. The van der Waals surface area contributed by atoms with E-state index >= 15 is 0 Å². The van der Waals surface area contributed by atoms with Gasteiger partial charge in [-0.05, 0) is 65.8 Å². The first-order valence-electron chi connectivity index (χ1n) is 10.4. The molecule has 34 heavy (non-hydrogen) atoms. The van der Waals surface area contributed by atoms with Crippen molar-refractivity contribution in [3.63, 3.8) is 0 Å². The minimum atomic E-state index is -1.04. The predicted molar refractivity (Wildman–Crippen MR) is 144 cm³/mol. The zero-order valence-electron chi connectivity index (χ0n) is 18.4. The number of hydrogen-bond donors (Lipinski definition) is 2. The number of carbonyl (C=O) groups is 2. The first-order valence-corrected chi connectivity index (χ1v) is 12.2. The van der Waals surface area contributed by atoms with E-state index in [0.29, 0.717) is 22.8 Å². The van der Waals surface area contributed by atoms with E-state index in [1.54, 1.807) is 36.3 Å². The van der Waals surface area contributed by atoms with E-state index in [4.69, 9.17) is 11.6 Å². The van der Waals surface area contributed by atoms with Crippen molar-refractivity contribution < 1.29 is 14.7 Å². The Morgan fingerprint density at radius 1 is 1.15 bits per heavy atom. The van der Waals surface area contributed by atoms with Gasteiger partial charge in [0.15, 0.2) is 0 Å². The van der Waals surface area contributed by atoms with Gasteiger partial charge in [-0.25, -0.2) is 4.79 Å². The Balaban J connectivity index is 0.00000408. The summed E-state index contributed by atoms with van der Waals surface area (Å²) in [6.45, 7) is 1.98. The molecule has 0 aliphatic rings. The van der Waals surface area contributed by atoms with Crippen LogP contribution in [0.2, 0.25) is 5.02 Å². The van der Waals surface area contributed by atoms with Gasteiger partial charge in [0.1, 0.15) is 6.04 Å². The number of halogens is 1.